The summed E-state index contributed by atoms with van der Waals surface area (Å²) in [5, 5.41) is 4.89. The van der Waals surface area contributed by atoms with Crippen molar-refractivity contribution in [3.63, 3.8) is 0 Å². The van der Waals surface area contributed by atoms with Crippen LogP contribution >= 0.6 is 0 Å². The zero-order valence-corrected chi connectivity index (χ0v) is 13.1. The van der Waals surface area contributed by atoms with Crippen molar-refractivity contribution in [1.29, 1.82) is 0 Å². The van der Waals surface area contributed by atoms with E-state index in [1.165, 1.54) is 30.3 Å². The van der Waals surface area contributed by atoms with Crippen LogP contribution in [0.5, 0.6) is 0 Å². The Labute approximate surface area is 127 Å². The predicted molar refractivity (Wildman–Crippen MR) is 88.5 cm³/mol. The first kappa shape index (κ1) is 14.5. The van der Waals surface area contributed by atoms with Crippen molar-refractivity contribution in [3.8, 4) is 0 Å². The molecule has 0 spiro atoms. The van der Waals surface area contributed by atoms with Gasteiger partial charge in [-0.25, -0.2) is 0 Å². The molecule has 3 nitrogen and oxygen atoms in total. The van der Waals surface area contributed by atoms with Crippen molar-refractivity contribution < 1.29 is 0 Å². The fourth-order valence-electron chi connectivity index (χ4n) is 3.30. The number of hydrogen-bond donors (Lipinski definition) is 1. The molecule has 0 aliphatic carbocycles. The minimum absolute atomic E-state index is 0.666. The van der Waals surface area contributed by atoms with Gasteiger partial charge in [0.05, 0.1) is 5.52 Å². The van der Waals surface area contributed by atoms with Gasteiger partial charge in [-0.2, -0.15) is 0 Å². The van der Waals surface area contributed by atoms with E-state index >= 15 is 0 Å². The molecule has 0 radical (unpaired) electrons. The Kier molecular flexibility index (Phi) is 4.51. The van der Waals surface area contributed by atoms with Gasteiger partial charge in [0.1, 0.15) is 0 Å². The van der Waals surface area contributed by atoms with Gasteiger partial charge in [-0.15, -0.1) is 0 Å². The molecule has 1 N–H and O–H groups in total. The number of nitrogens with one attached hydrogen (secondary N) is 1. The molecule has 1 unspecified atom stereocenters. The lowest BCUT2D eigenvalue weighted by Crippen LogP contribution is -2.37. The summed E-state index contributed by atoms with van der Waals surface area (Å²) in [5.41, 5.74) is 3.62. The molecule has 1 fully saturated rings. The topological polar surface area (TPSA) is 28.2 Å². The molecule has 3 rings (SSSR count). The molecule has 1 atom stereocenters. The molecule has 21 heavy (non-hydrogen) atoms. The van der Waals surface area contributed by atoms with Crippen LogP contribution in [-0.2, 0) is 6.54 Å². The van der Waals surface area contributed by atoms with E-state index in [1.54, 1.807) is 0 Å². The summed E-state index contributed by atoms with van der Waals surface area (Å²) < 4.78 is 0. The van der Waals surface area contributed by atoms with Crippen molar-refractivity contribution in [1.82, 2.24) is 15.2 Å². The van der Waals surface area contributed by atoms with E-state index in [0.29, 0.717) is 6.04 Å². The van der Waals surface area contributed by atoms with E-state index in [9.17, 15) is 0 Å². The summed E-state index contributed by atoms with van der Waals surface area (Å²) in [4.78, 5) is 7.19. The number of rotatable bonds is 5. The number of fused-ring (bicyclic) bond motifs is 1. The van der Waals surface area contributed by atoms with Crippen LogP contribution in [0.15, 0.2) is 30.3 Å². The number of hydrogen-bond acceptors (Lipinski definition) is 3. The van der Waals surface area contributed by atoms with Crippen LogP contribution in [0, 0.1) is 6.92 Å². The Morgan fingerprint density at radius 2 is 2.19 bits per heavy atom. The summed E-state index contributed by atoms with van der Waals surface area (Å²) in [6, 6.07) is 11.4. The summed E-state index contributed by atoms with van der Waals surface area (Å²) >= 11 is 0. The second kappa shape index (κ2) is 6.54. The van der Waals surface area contributed by atoms with Gasteiger partial charge in [0.15, 0.2) is 0 Å². The highest BCUT2D eigenvalue weighted by Crippen LogP contribution is 2.20. The van der Waals surface area contributed by atoms with Gasteiger partial charge < -0.3 is 5.32 Å². The zero-order chi connectivity index (χ0) is 14.7. The van der Waals surface area contributed by atoms with Crippen molar-refractivity contribution in [2.24, 2.45) is 0 Å². The fraction of sp³-hybridized carbons (Fsp3) is 0.500. The molecule has 1 aromatic heterocycles. The lowest BCUT2D eigenvalue weighted by atomic mass is 10.1. The largest absolute Gasteiger partial charge is 0.313 e. The number of pyridine rings is 1. The van der Waals surface area contributed by atoms with E-state index in [0.717, 1.165) is 30.8 Å². The molecule has 1 saturated heterocycles. The Bertz CT molecular complexity index is 602. The first-order valence-corrected chi connectivity index (χ1v) is 8.07. The maximum absolute atomic E-state index is 4.64. The molecule has 1 aliphatic heterocycles. The van der Waals surface area contributed by atoms with Crippen LogP contribution in [0.25, 0.3) is 10.9 Å². The zero-order valence-electron chi connectivity index (χ0n) is 13.1. The smallest absolute Gasteiger partial charge is 0.0708 e. The van der Waals surface area contributed by atoms with Crippen LogP contribution in [0.4, 0.5) is 0 Å². The van der Waals surface area contributed by atoms with E-state index in [4.69, 9.17) is 0 Å². The summed E-state index contributed by atoms with van der Waals surface area (Å²) in [6.07, 6.45) is 2.63. The van der Waals surface area contributed by atoms with Gasteiger partial charge in [-0.3, -0.25) is 9.88 Å². The van der Waals surface area contributed by atoms with E-state index in [1.807, 2.05) is 0 Å². The first-order valence-electron chi connectivity index (χ1n) is 8.07. The molecule has 2 heterocycles. The van der Waals surface area contributed by atoms with E-state index < -0.39 is 0 Å². The van der Waals surface area contributed by atoms with Crippen LogP contribution in [0.3, 0.4) is 0 Å². The minimum Gasteiger partial charge on any atom is -0.313 e. The third-order valence-electron chi connectivity index (χ3n) is 4.41. The summed E-state index contributed by atoms with van der Waals surface area (Å²) in [7, 11) is 0. The van der Waals surface area contributed by atoms with Crippen molar-refractivity contribution in [2.45, 2.75) is 39.3 Å². The molecule has 0 bridgehead atoms. The Morgan fingerprint density at radius 3 is 2.95 bits per heavy atom. The molecule has 0 saturated carbocycles. The molecular formula is C18H25N3. The van der Waals surface area contributed by atoms with Crippen LogP contribution in [0.2, 0.25) is 0 Å². The average molecular weight is 283 g/mol. The monoisotopic (exact) mass is 283 g/mol. The molecule has 1 aromatic carbocycles. The van der Waals surface area contributed by atoms with Gasteiger partial charge >= 0.3 is 0 Å². The van der Waals surface area contributed by atoms with Crippen LogP contribution in [-0.4, -0.2) is 35.6 Å². The molecule has 112 valence electrons. The van der Waals surface area contributed by atoms with Crippen molar-refractivity contribution in [3.05, 3.63) is 41.6 Å². The quantitative estimate of drug-likeness (QED) is 0.914. The highest BCUT2D eigenvalue weighted by molar-refractivity contribution is 5.82. The van der Waals surface area contributed by atoms with Gasteiger partial charge in [0.2, 0.25) is 0 Å². The molecule has 1 aliphatic rings. The summed E-state index contributed by atoms with van der Waals surface area (Å²) in [6.45, 7) is 8.77. The number of aryl methyl sites for hydroxylation is 1. The predicted octanol–water partition coefficient (Wildman–Crippen LogP) is 3.12. The number of nitrogens with zero attached hydrogens (tertiary/aromatic N) is 2. The number of aromatic nitrogens is 1. The maximum atomic E-state index is 4.64. The van der Waals surface area contributed by atoms with Crippen LogP contribution < -0.4 is 5.32 Å². The maximum Gasteiger partial charge on any atom is 0.0708 e. The minimum atomic E-state index is 0.666. The normalized spacial score (nSPS) is 18.7. The molecule has 3 heteroatoms. The van der Waals surface area contributed by atoms with Gasteiger partial charge in [0, 0.05) is 30.2 Å². The van der Waals surface area contributed by atoms with E-state index in [2.05, 4.69) is 59.4 Å². The third kappa shape index (κ3) is 3.42. The summed E-state index contributed by atoms with van der Waals surface area (Å²) in [5.74, 6) is 0. The Hall–Kier alpha value is -1.45. The fourth-order valence-corrected chi connectivity index (χ4v) is 3.30. The van der Waals surface area contributed by atoms with Crippen molar-refractivity contribution >= 4 is 10.9 Å². The molecule has 2 aromatic rings. The lowest BCUT2D eigenvalue weighted by Gasteiger charge is -2.25. The van der Waals surface area contributed by atoms with Gasteiger partial charge in [-0.1, -0.05) is 25.1 Å². The highest BCUT2D eigenvalue weighted by Gasteiger charge is 2.17. The van der Waals surface area contributed by atoms with E-state index in [-0.39, 0.29) is 0 Å². The number of benzene rings is 1. The molecular weight excluding hydrogens is 258 g/mol. The first-order chi connectivity index (χ1) is 10.3. The number of likely N-dealkylation sites (N-methyl/N-ethyl adjacent to an activating group) is 1. The third-order valence-corrected chi connectivity index (χ3v) is 4.41. The lowest BCUT2D eigenvalue weighted by molar-refractivity contribution is 0.254. The standard InChI is InChI=1S/C18H25N3/c1-3-21(13-16-7-6-10-19-16)12-15-11-14(2)20-18-9-5-4-8-17(15)18/h4-5,8-9,11,16,19H,3,6-7,10,12-13H2,1-2H3. The van der Waals surface area contributed by atoms with Gasteiger partial charge in [-0.05, 0) is 50.6 Å². The van der Waals surface area contributed by atoms with Crippen molar-refractivity contribution in [2.75, 3.05) is 19.6 Å². The Morgan fingerprint density at radius 1 is 1.33 bits per heavy atom. The SMILES string of the molecule is CCN(Cc1cc(C)nc2ccccc12)CC1CCCN1. The Balaban J connectivity index is 1.81. The second-order valence-corrected chi connectivity index (χ2v) is 6.06. The average Bonchev–Trinajstić information content (AvgIpc) is 2.99. The highest BCUT2D eigenvalue weighted by atomic mass is 15.1. The second-order valence-electron chi connectivity index (χ2n) is 6.06. The van der Waals surface area contributed by atoms with Crippen LogP contribution in [0.1, 0.15) is 31.0 Å². The van der Waals surface area contributed by atoms with Gasteiger partial charge in [0.25, 0.3) is 0 Å². The molecule has 0 amide bonds. The number of para-hydroxylation sites is 1.